The van der Waals surface area contributed by atoms with Crippen molar-refractivity contribution in [3.05, 3.63) is 82.7 Å². The molecule has 3 rings (SSSR count). The van der Waals surface area contributed by atoms with Gasteiger partial charge < -0.3 is 10.6 Å². The molecule has 0 unspecified atom stereocenters. The van der Waals surface area contributed by atoms with Crippen LogP contribution in [0.15, 0.2) is 66.0 Å². The molecule has 0 saturated heterocycles. The number of allylic oxidation sites excluding steroid dienone is 2. The number of Topliss-reactive ketones (excluding diaryl/α,β-unsaturated/α-hetero) is 2. The molecule has 0 radical (unpaired) electrons. The minimum absolute atomic E-state index is 0.0199. The molecule has 0 saturated carbocycles. The highest BCUT2D eigenvalue weighted by molar-refractivity contribution is 6.27. The molecule has 0 aliphatic heterocycles. The monoisotopic (exact) mass is 334 g/mol. The van der Waals surface area contributed by atoms with Crippen molar-refractivity contribution in [1.82, 2.24) is 10.6 Å². The average molecular weight is 334 g/mol. The van der Waals surface area contributed by atoms with Crippen LogP contribution in [0.5, 0.6) is 0 Å². The van der Waals surface area contributed by atoms with Crippen LogP contribution < -0.4 is 10.6 Å². The number of amides is 1. The van der Waals surface area contributed by atoms with Crippen LogP contribution in [0.2, 0.25) is 0 Å². The Balaban J connectivity index is 1.98. The van der Waals surface area contributed by atoms with E-state index in [0.29, 0.717) is 17.7 Å². The quantitative estimate of drug-likeness (QED) is 0.881. The van der Waals surface area contributed by atoms with Crippen molar-refractivity contribution < 1.29 is 14.4 Å². The predicted molar refractivity (Wildman–Crippen MR) is 93.8 cm³/mol. The minimum Gasteiger partial charge on any atom is -0.376 e. The van der Waals surface area contributed by atoms with E-state index < -0.39 is 0 Å². The lowest BCUT2D eigenvalue weighted by atomic mass is 9.90. The lowest BCUT2D eigenvalue weighted by Crippen LogP contribution is -2.38. The molecule has 2 N–H and O–H groups in total. The van der Waals surface area contributed by atoms with Crippen LogP contribution in [-0.2, 0) is 11.3 Å². The van der Waals surface area contributed by atoms with Gasteiger partial charge in [-0.05, 0) is 5.56 Å². The van der Waals surface area contributed by atoms with E-state index in [0.717, 1.165) is 5.56 Å². The molecule has 0 atom stereocenters. The van der Waals surface area contributed by atoms with Gasteiger partial charge in [-0.25, -0.2) is 0 Å². The number of fused-ring (bicyclic) bond motifs is 1. The predicted octanol–water partition coefficient (Wildman–Crippen LogP) is 2.59. The van der Waals surface area contributed by atoms with Gasteiger partial charge in [-0.2, -0.15) is 0 Å². The second kappa shape index (κ2) is 7.13. The van der Waals surface area contributed by atoms with Crippen LogP contribution >= 0.6 is 0 Å². The van der Waals surface area contributed by atoms with Gasteiger partial charge in [0.2, 0.25) is 17.5 Å². The lowest BCUT2D eigenvalue weighted by Gasteiger charge is -2.22. The summed E-state index contributed by atoms with van der Waals surface area (Å²) >= 11 is 0. The summed E-state index contributed by atoms with van der Waals surface area (Å²) in [6.45, 7) is 2.07. The van der Waals surface area contributed by atoms with Crippen molar-refractivity contribution in [3.8, 4) is 0 Å². The zero-order valence-electron chi connectivity index (χ0n) is 13.8. The first-order chi connectivity index (χ1) is 12.1. The molecule has 2 aromatic carbocycles. The van der Waals surface area contributed by atoms with Crippen molar-refractivity contribution in [2.24, 2.45) is 0 Å². The highest BCUT2D eigenvalue weighted by Crippen LogP contribution is 2.24. The maximum absolute atomic E-state index is 12.8. The summed E-state index contributed by atoms with van der Waals surface area (Å²) in [4.78, 5) is 37.4. The van der Waals surface area contributed by atoms with Crippen molar-refractivity contribution in [2.75, 3.05) is 0 Å². The molecule has 0 fully saturated rings. The molecule has 0 spiro atoms. The van der Waals surface area contributed by atoms with Crippen molar-refractivity contribution >= 4 is 17.5 Å². The van der Waals surface area contributed by atoms with Crippen LogP contribution in [0, 0.1) is 0 Å². The highest BCUT2D eigenvalue weighted by Gasteiger charge is 2.32. The normalized spacial score (nSPS) is 13.5. The summed E-state index contributed by atoms with van der Waals surface area (Å²) in [7, 11) is 0. The van der Waals surface area contributed by atoms with Crippen molar-refractivity contribution in [2.45, 2.75) is 19.9 Å². The fourth-order valence-electron chi connectivity index (χ4n) is 2.68. The van der Waals surface area contributed by atoms with Gasteiger partial charge in [0.1, 0.15) is 11.4 Å². The Morgan fingerprint density at radius 1 is 0.840 bits per heavy atom. The second-order valence-corrected chi connectivity index (χ2v) is 5.69. The summed E-state index contributed by atoms with van der Waals surface area (Å²) < 4.78 is 0. The minimum atomic E-state index is -0.354. The first kappa shape index (κ1) is 16.6. The number of carbonyl (C=O) groups is 3. The SMILES string of the molecule is CCC(=O)NC1=C(NCc2ccccc2)C(=O)c2ccccc2C1=O. The van der Waals surface area contributed by atoms with E-state index in [1.165, 1.54) is 0 Å². The summed E-state index contributed by atoms with van der Waals surface area (Å²) in [5.74, 6) is -0.959. The molecule has 126 valence electrons. The third-order valence-electron chi connectivity index (χ3n) is 4.02. The number of nitrogens with one attached hydrogen (secondary N) is 2. The van der Waals surface area contributed by atoms with Gasteiger partial charge in [-0.15, -0.1) is 0 Å². The maximum Gasteiger partial charge on any atom is 0.224 e. The molecule has 0 aromatic heterocycles. The van der Waals surface area contributed by atoms with E-state index in [2.05, 4.69) is 10.6 Å². The largest absolute Gasteiger partial charge is 0.376 e. The fourth-order valence-corrected chi connectivity index (χ4v) is 2.68. The van der Waals surface area contributed by atoms with Crippen LogP contribution in [0.3, 0.4) is 0 Å². The first-order valence-electron chi connectivity index (χ1n) is 8.12. The Kier molecular flexibility index (Phi) is 4.75. The third-order valence-corrected chi connectivity index (χ3v) is 4.02. The molecular weight excluding hydrogens is 316 g/mol. The second-order valence-electron chi connectivity index (χ2n) is 5.69. The van der Waals surface area contributed by atoms with E-state index in [-0.39, 0.29) is 35.3 Å². The van der Waals surface area contributed by atoms with Crippen LogP contribution in [0.4, 0.5) is 0 Å². The molecule has 25 heavy (non-hydrogen) atoms. The molecule has 1 amide bonds. The number of benzene rings is 2. The zero-order valence-corrected chi connectivity index (χ0v) is 13.8. The molecule has 5 heteroatoms. The Bertz CT molecular complexity index is 870. The van der Waals surface area contributed by atoms with Gasteiger partial charge in [-0.1, -0.05) is 61.5 Å². The van der Waals surface area contributed by atoms with E-state index in [4.69, 9.17) is 0 Å². The molecule has 0 bridgehead atoms. The Labute approximate surface area is 145 Å². The van der Waals surface area contributed by atoms with E-state index in [1.54, 1.807) is 31.2 Å². The van der Waals surface area contributed by atoms with E-state index >= 15 is 0 Å². The molecule has 1 aliphatic rings. The summed E-state index contributed by atoms with van der Waals surface area (Å²) in [6, 6.07) is 16.2. The smallest absolute Gasteiger partial charge is 0.224 e. The molecular formula is C20H18N2O3. The van der Waals surface area contributed by atoms with Crippen LogP contribution in [0.25, 0.3) is 0 Å². The van der Waals surface area contributed by atoms with Crippen molar-refractivity contribution in [1.29, 1.82) is 0 Å². The highest BCUT2D eigenvalue weighted by atomic mass is 16.2. The summed E-state index contributed by atoms with van der Waals surface area (Å²) in [6.07, 6.45) is 0.221. The van der Waals surface area contributed by atoms with Gasteiger partial charge in [-0.3, -0.25) is 14.4 Å². The van der Waals surface area contributed by atoms with Gasteiger partial charge in [0.05, 0.1) is 0 Å². The van der Waals surface area contributed by atoms with Crippen molar-refractivity contribution in [3.63, 3.8) is 0 Å². The van der Waals surface area contributed by atoms with Crippen LogP contribution in [0.1, 0.15) is 39.6 Å². The molecule has 0 heterocycles. The van der Waals surface area contributed by atoms with Gasteiger partial charge in [0.25, 0.3) is 0 Å². The Morgan fingerprint density at radius 3 is 2.00 bits per heavy atom. The molecule has 1 aliphatic carbocycles. The standard InChI is InChI=1S/C20H18N2O3/c1-2-16(23)22-18-17(21-12-13-8-4-3-5-9-13)19(24)14-10-6-7-11-15(14)20(18)25/h3-11,21H,2,12H2,1H3,(H,22,23). The van der Waals surface area contributed by atoms with Gasteiger partial charge >= 0.3 is 0 Å². The first-order valence-corrected chi connectivity index (χ1v) is 8.12. The van der Waals surface area contributed by atoms with Crippen LogP contribution in [-0.4, -0.2) is 17.5 Å². The number of ketones is 2. The molecule has 5 nitrogen and oxygen atoms in total. The number of carbonyl (C=O) groups excluding carboxylic acids is 3. The van der Waals surface area contributed by atoms with Gasteiger partial charge in [0.15, 0.2) is 0 Å². The number of hydrogen-bond donors (Lipinski definition) is 2. The van der Waals surface area contributed by atoms with Gasteiger partial charge in [0, 0.05) is 24.1 Å². The maximum atomic E-state index is 12.8. The summed E-state index contributed by atoms with van der Waals surface area (Å²) in [5, 5.41) is 5.62. The lowest BCUT2D eigenvalue weighted by molar-refractivity contribution is -0.120. The zero-order chi connectivity index (χ0) is 17.8. The Hall–Kier alpha value is -3.21. The number of hydrogen-bond acceptors (Lipinski definition) is 4. The number of rotatable bonds is 5. The molecule has 2 aromatic rings. The van der Waals surface area contributed by atoms with E-state index in [9.17, 15) is 14.4 Å². The average Bonchev–Trinajstić information content (AvgIpc) is 2.66. The fraction of sp³-hybridized carbons (Fsp3) is 0.150. The topological polar surface area (TPSA) is 75.3 Å². The van der Waals surface area contributed by atoms with E-state index in [1.807, 2.05) is 30.3 Å². The Morgan fingerprint density at radius 2 is 1.40 bits per heavy atom. The third kappa shape index (κ3) is 3.35. The summed E-state index contributed by atoms with van der Waals surface area (Å²) in [5.41, 5.74) is 1.78.